The zero-order chi connectivity index (χ0) is 19.3. The number of rotatable bonds is 5. The fraction of sp³-hybridized carbons (Fsp3) is 0.273. The summed E-state index contributed by atoms with van der Waals surface area (Å²) in [7, 11) is 1.75. The number of hydrogen-bond donors (Lipinski definition) is 2. The Hall–Kier alpha value is -2.55. The standard InChI is InChI=1S/C22H24N4O2.HI/c1-15-7-9-16(10-8-15)21-26-18(14-27-21)12-24-22(23-2)25-13-19-11-17-5-3-4-6-20(17)28-19;/h3-10,14,19H,11-13H2,1-2H3,(H2,23,24,25);1H. The van der Waals surface area contributed by atoms with Gasteiger partial charge < -0.3 is 19.8 Å². The van der Waals surface area contributed by atoms with Crippen molar-refractivity contribution in [2.75, 3.05) is 13.6 Å². The van der Waals surface area contributed by atoms with Crippen LogP contribution < -0.4 is 15.4 Å². The summed E-state index contributed by atoms with van der Waals surface area (Å²) < 4.78 is 11.6. The van der Waals surface area contributed by atoms with E-state index in [-0.39, 0.29) is 30.1 Å². The van der Waals surface area contributed by atoms with Crippen LogP contribution in [0.25, 0.3) is 11.5 Å². The first-order chi connectivity index (χ1) is 13.7. The summed E-state index contributed by atoms with van der Waals surface area (Å²) in [5, 5.41) is 6.58. The minimum Gasteiger partial charge on any atom is -0.488 e. The van der Waals surface area contributed by atoms with Crippen LogP contribution in [0.3, 0.4) is 0 Å². The van der Waals surface area contributed by atoms with Crippen molar-refractivity contribution in [3.8, 4) is 17.2 Å². The number of para-hydroxylation sites is 1. The van der Waals surface area contributed by atoms with Gasteiger partial charge in [-0.05, 0) is 30.7 Å². The number of halogens is 1. The summed E-state index contributed by atoms with van der Waals surface area (Å²) in [5.41, 5.74) is 4.25. The van der Waals surface area contributed by atoms with Gasteiger partial charge in [0.05, 0.1) is 18.8 Å². The lowest BCUT2D eigenvalue weighted by Gasteiger charge is -2.15. The highest BCUT2D eigenvalue weighted by atomic mass is 127. The van der Waals surface area contributed by atoms with E-state index in [0.29, 0.717) is 24.9 Å². The normalized spacial score (nSPS) is 15.2. The highest BCUT2D eigenvalue weighted by Gasteiger charge is 2.22. The topological polar surface area (TPSA) is 71.7 Å². The van der Waals surface area contributed by atoms with Gasteiger partial charge in [0.1, 0.15) is 18.1 Å². The first kappa shape index (κ1) is 21.2. The van der Waals surface area contributed by atoms with E-state index in [1.807, 2.05) is 42.5 Å². The minimum absolute atomic E-state index is 0. The van der Waals surface area contributed by atoms with Crippen molar-refractivity contribution in [2.45, 2.75) is 26.0 Å². The molecule has 0 saturated heterocycles. The van der Waals surface area contributed by atoms with Gasteiger partial charge in [0.2, 0.25) is 5.89 Å². The zero-order valence-electron chi connectivity index (χ0n) is 16.5. The number of hydrogen-bond acceptors (Lipinski definition) is 4. The molecule has 0 radical (unpaired) electrons. The van der Waals surface area contributed by atoms with Gasteiger partial charge in [0.25, 0.3) is 0 Å². The summed E-state index contributed by atoms with van der Waals surface area (Å²) in [5.74, 6) is 2.31. The molecule has 0 bridgehead atoms. The molecule has 1 aliphatic heterocycles. The maximum Gasteiger partial charge on any atom is 0.226 e. The fourth-order valence-electron chi connectivity index (χ4n) is 3.19. The molecule has 1 atom stereocenters. The van der Waals surface area contributed by atoms with E-state index in [1.54, 1.807) is 13.3 Å². The minimum atomic E-state index is 0. The van der Waals surface area contributed by atoms with Crippen molar-refractivity contribution in [2.24, 2.45) is 4.99 Å². The molecule has 1 unspecified atom stereocenters. The molecule has 0 spiro atoms. The average molecular weight is 504 g/mol. The Bertz CT molecular complexity index is 944. The number of aliphatic imine (C=N–C) groups is 1. The molecule has 0 fully saturated rings. The monoisotopic (exact) mass is 504 g/mol. The molecule has 4 rings (SSSR count). The van der Waals surface area contributed by atoms with E-state index in [9.17, 15) is 0 Å². The van der Waals surface area contributed by atoms with Crippen molar-refractivity contribution >= 4 is 29.9 Å². The molecule has 1 aromatic heterocycles. The van der Waals surface area contributed by atoms with Crippen molar-refractivity contribution in [3.63, 3.8) is 0 Å². The fourth-order valence-corrected chi connectivity index (χ4v) is 3.19. The van der Waals surface area contributed by atoms with E-state index in [1.165, 1.54) is 11.1 Å². The van der Waals surface area contributed by atoms with Crippen LogP contribution in [0.1, 0.15) is 16.8 Å². The molecule has 6 nitrogen and oxygen atoms in total. The maximum atomic E-state index is 5.95. The predicted molar refractivity (Wildman–Crippen MR) is 125 cm³/mol. The third-order valence-corrected chi connectivity index (χ3v) is 4.72. The van der Waals surface area contributed by atoms with Crippen LogP contribution in [0.5, 0.6) is 5.75 Å². The summed E-state index contributed by atoms with van der Waals surface area (Å²) in [6, 6.07) is 16.3. The van der Waals surface area contributed by atoms with Gasteiger partial charge in [-0.15, -0.1) is 24.0 Å². The average Bonchev–Trinajstić information content (AvgIpc) is 3.35. The molecule has 29 heavy (non-hydrogen) atoms. The Morgan fingerprint density at radius 3 is 2.69 bits per heavy atom. The molecule has 2 aromatic carbocycles. The largest absolute Gasteiger partial charge is 0.488 e. The summed E-state index contributed by atoms with van der Waals surface area (Å²) >= 11 is 0. The predicted octanol–water partition coefficient (Wildman–Crippen LogP) is 3.94. The molecule has 3 aromatic rings. The number of aryl methyl sites for hydroxylation is 1. The van der Waals surface area contributed by atoms with Gasteiger partial charge in [-0.2, -0.15) is 0 Å². The lowest BCUT2D eigenvalue weighted by Crippen LogP contribution is -2.42. The highest BCUT2D eigenvalue weighted by Crippen LogP contribution is 2.27. The van der Waals surface area contributed by atoms with Crippen molar-refractivity contribution in [3.05, 3.63) is 71.6 Å². The van der Waals surface area contributed by atoms with Crippen molar-refractivity contribution < 1.29 is 9.15 Å². The second-order valence-electron chi connectivity index (χ2n) is 6.87. The van der Waals surface area contributed by atoms with Crippen molar-refractivity contribution in [1.82, 2.24) is 15.6 Å². The van der Waals surface area contributed by atoms with E-state index >= 15 is 0 Å². The molecule has 7 heteroatoms. The molecule has 152 valence electrons. The first-order valence-electron chi connectivity index (χ1n) is 9.42. The highest BCUT2D eigenvalue weighted by molar-refractivity contribution is 14.0. The van der Waals surface area contributed by atoms with Crippen LogP contribution in [-0.4, -0.2) is 30.6 Å². The number of aromatic nitrogens is 1. The third kappa shape index (κ3) is 5.29. The molecule has 2 heterocycles. The van der Waals surface area contributed by atoms with Crippen LogP contribution in [-0.2, 0) is 13.0 Å². The van der Waals surface area contributed by atoms with Gasteiger partial charge in [-0.3, -0.25) is 4.99 Å². The molecular formula is C22H25IN4O2. The lowest BCUT2D eigenvalue weighted by molar-refractivity contribution is 0.235. The van der Waals surface area contributed by atoms with E-state index < -0.39 is 0 Å². The smallest absolute Gasteiger partial charge is 0.226 e. The van der Waals surface area contributed by atoms with Crippen LogP contribution >= 0.6 is 24.0 Å². The van der Waals surface area contributed by atoms with Gasteiger partial charge in [0, 0.05) is 19.0 Å². The number of nitrogens with zero attached hydrogens (tertiary/aromatic N) is 2. The van der Waals surface area contributed by atoms with Crippen LogP contribution in [0.2, 0.25) is 0 Å². The quantitative estimate of drug-likeness (QED) is 0.313. The first-order valence-corrected chi connectivity index (χ1v) is 9.42. The van der Waals surface area contributed by atoms with Gasteiger partial charge >= 0.3 is 0 Å². The zero-order valence-corrected chi connectivity index (χ0v) is 18.8. The second kappa shape index (κ2) is 9.78. The van der Waals surface area contributed by atoms with E-state index in [0.717, 1.165) is 23.4 Å². The molecule has 1 aliphatic rings. The molecule has 0 saturated carbocycles. The molecule has 2 N–H and O–H groups in total. The molecule has 0 amide bonds. The van der Waals surface area contributed by atoms with Crippen LogP contribution in [0.4, 0.5) is 0 Å². The number of nitrogens with one attached hydrogen (secondary N) is 2. The van der Waals surface area contributed by atoms with Gasteiger partial charge in [0.15, 0.2) is 5.96 Å². The number of guanidine groups is 1. The number of benzene rings is 2. The lowest BCUT2D eigenvalue weighted by atomic mass is 10.1. The van der Waals surface area contributed by atoms with E-state index in [4.69, 9.17) is 9.15 Å². The van der Waals surface area contributed by atoms with Crippen LogP contribution in [0, 0.1) is 6.92 Å². The second-order valence-corrected chi connectivity index (χ2v) is 6.87. The molecular weight excluding hydrogens is 479 g/mol. The SMILES string of the molecule is CN=C(NCc1coc(-c2ccc(C)cc2)n1)NCC1Cc2ccccc2O1.I. The third-order valence-electron chi connectivity index (χ3n) is 4.72. The number of oxazole rings is 1. The maximum absolute atomic E-state index is 5.95. The molecule has 0 aliphatic carbocycles. The Balaban J connectivity index is 0.00000240. The summed E-state index contributed by atoms with van der Waals surface area (Å²) in [4.78, 5) is 8.81. The van der Waals surface area contributed by atoms with Crippen LogP contribution in [0.15, 0.2) is 64.2 Å². The number of fused-ring (bicyclic) bond motifs is 1. The van der Waals surface area contributed by atoms with Crippen molar-refractivity contribution in [1.29, 1.82) is 0 Å². The Kier molecular flexibility index (Phi) is 7.13. The summed E-state index contributed by atoms with van der Waals surface area (Å²) in [6.07, 6.45) is 2.69. The number of ether oxygens (including phenoxy) is 1. The Labute approximate surface area is 187 Å². The van der Waals surface area contributed by atoms with Gasteiger partial charge in [-0.1, -0.05) is 35.9 Å². The Morgan fingerprint density at radius 2 is 1.93 bits per heavy atom. The summed E-state index contributed by atoms with van der Waals surface area (Å²) in [6.45, 7) is 3.27. The Morgan fingerprint density at radius 1 is 1.14 bits per heavy atom. The van der Waals surface area contributed by atoms with Gasteiger partial charge in [-0.25, -0.2) is 4.98 Å². The van der Waals surface area contributed by atoms with E-state index in [2.05, 4.69) is 33.6 Å².